The highest BCUT2D eigenvalue weighted by atomic mass is 19.2. The van der Waals surface area contributed by atoms with Crippen molar-refractivity contribution in [1.29, 1.82) is 0 Å². The van der Waals surface area contributed by atoms with Crippen LogP contribution in [-0.4, -0.2) is 12.0 Å². The lowest BCUT2D eigenvalue weighted by Crippen LogP contribution is -2.30. The Labute approximate surface area is 158 Å². The summed E-state index contributed by atoms with van der Waals surface area (Å²) in [7, 11) is 0. The fourth-order valence-electron chi connectivity index (χ4n) is 2.58. The molecule has 0 spiro atoms. The molecule has 0 radical (unpaired) electrons. The molecule has 28 heavy (non-hydrogen) atoms. The summed E-state index contributed by atoms with van der Waals surface area (Å²) < 4.78 is 59.6. The van der Waals surface area contributed by atoms with Gasteiger partial charge in [0.1, 0.15) is 17.4 Å². The molecule has 0 heterocycles. The van der Waals surface area contributed by atoms with E-state index in [1.165, 1.54) is 6.92 Å². The summed E-state index contributed by atoms with van der Waals surface area (Å²) in [5, 5.41) is 2.38. The van der Waals surface area contributed by atoms with E-state index in [1.807, 2.05) is 0 Å². The van der Waals surface area contributed by atoms with Gasteiger partial charge in [0.15, 0.2) is 17.7 Å². The SMILES string of the molecule is CC(Oc1ccc(F)c(F)c1)C(=O)Nc1c(F)cc(F)cc1-c1ccccc1. The molecule has 3 nitrogen and oxygen atoms in total. The van der Waals surface area contributed by atoms with Crippen molar-refractivity contribution >= 4 is 11.6 Å². The van der Waals surface area contributed by atoms with E-state index in [0.717, 1.165) is 24.3 Å². The third kappa shape index (κ3) is 4.31. The van der Waals surface area contributed by atoms with Gasteiger partial charge in [0, 0.05) is 17.7 Å². The number of anilines is 1. The van der Waals surface area contributed by atoms with Gasteiger partial charge in [-0.05, 0) is 30.7 Å². The second kappa shape index (κ2) is 8.12. The van der Waals surface area contributed by atoms with Gasteiger partial charge in [-0.1, -0.05) is 30.3 Å². The molecule has 3 aromatic rings. The number of rotatable bonds is 5. The van der Waals surface area contributed by atoms with Crippen LogP contribution in [0.1, 0.15) is 6.92 Å². The quantitative estimate of drug-likeness (QED) is 0.600. The van der Waals surface area contributed by atoms with Crippen LogP contribution in [0.15, 0.2) is 60.7 Å². The topological polar surface area (TPSA) is 38.3 Å². The number of hydrogen-bond acceptors (Lipinski definition) is 2. The van der Waals surface area contributed by atoms with E-state index in [4.69, 9.17) is 4.74 Å². The minimum Gasteiger partial charge on any atom is -0.481 e. The Balaban J connectivity index is 1.84. The minimum absolute atomic E-state index is 0.0654. The van der Waals surface area contributed by atoms with Crippen LogP contribution < -0.4 is 10.1 Å². The van der Waals surface area contributed by atoms with Gasteiger partial charge in [-0.2, -0.15) is 0 Å². The second-order valence-electron chi connectivity index (χ2n) is 6.00. The fourth-order valence-corrected chi connectivity index (χ4v) is 2.58. The van der Waals surface area contributed by atoms with Crippen LogP contribution in [0, 0.1) is 23.3 Å². The van der Waals surface area contributed by atoms with Gasteiger partial charge in [-0.15, -0.1) is 0 Å². The Morgan fingerprint density at radius 2 is 1.61 bits per heavy atom. The van der Waals surface area contributed by atoms with Crippen LogP contribution in [0.2, 0.25) is 0 Å². The van der Waals surface area contributed by atoms with E-state index in [2.05, 4.69) is 5.32 Å². The Morgan fingerprint density at radius 1 is 0.893 bits per heavy atom. The smallest absolute Gasteiger partial charge is 0.265 e. The summed E-state index contributed by atoms with van der Waals surface area (Å²) in [5.74, 6) is -4.73. The zero-order chi connectivity index (χ0) is 20.3. The fraction of sp³-hybridized carbons (Fsp3) is 0.0952. The first-order valence-electron chi connectivity index (χ1n) is 8.32. The molecule has 3 rings (SSSR count). The van der Waals surface area contributed by atoms with Gasteiger partial charge in [-0.3, -0.25) is 4.79 Å². The van der Waals surface area contributed by atoms with Crippen LogP contribution >= 0.6 is 0 Å². The first-order valence-corrected chi connectivity index (χ1v) is 8.32. The third-order valence-electron chi connectivity index (χ3n) is 3.96. The molecule has 7 heteroatoms. The zero-order valence-electron chi connectivity index (χ0n) is 14.7. The number of halogens is 4. The molecule has 0 bridgehead atoms. The largest absolute Gasteiger partial charge is 0.481 e. The van der Waals surface area contributed by atoms with E-state index in [1.54, 1.807) is 30.3 Å². The average Bonchev–Trinajstić information content (AvgIpc) is 2.67. The van der Waals surface area contributed by atoms with Crippen molar-refractivity contribution in [2.24, 2.45) is 0 Å². The summed E-state index contributed by atoms with van der Waals surface area (Å²) in [5.41, 5.74) is 0.454. The van der Waals surface area contributed by atoms with Crippen LogP contribution in [0.25, 0.3) is 11.1 Å². The van der Waals surface area contributed by atoms with Gasteiger partial charge < -0.3 is 10.1 Å². The van der Waals surface area contributed by atoms with Gasteiger partial charge in [-0.25, -0.2) is 17.6 Å². The van der Waals surface area contributed by atoms with Crippen molar-refractivity contribution in [1.82, 2.24) is 0 Å². The van der Waals surface area contributed by atoms with Gasteiger partial charge in [0.25, 0.3) is 5.91 Å². The molecule has 0 aromatic heterocycles. The summed E-state index contributed by atoms with van der Waals surface area (Å²) in [6.45, 7) is 1.36. The maximum absolute atomic E-state index is 14.4. The molecular weight excluding hydrogens is 374 g/mol. The molecule has 0 fully saturated rings. The first kappa shape index (κ1) is 19.4. The lowest BCUT2D eigenvalue weighted by Gasteiger charge is -2.17. The molecule has 1 unspecified atom stereocenters. The summed E-state index contributed by atoms with van der Waals surface area (Å²) in [6.07, 6.45) is -1.15. The highest BCUT2D eigenvalue weighted by Gasteiger charge is 2.20. The number of amides is 1. The van der Waals surface area contributed by atoms with Crippen molar-refractivity contribution in [2.75, 3.05) is 5.32 Å². The van der Waals surface area contributed by atoms with Crippen LogP contribution in [0.5, 0.6) is 5.75 Å². The number of carbonyl (C=O) groups is 1. The Morgan fingerprint density at radius 3 is 2.29 bits per heavy atom. The second-order valence-corrected chi connectivity index (χ2v) is 6.00. The molecule has 3 aromatic carbocycles. The van der Waals surface area contributed by atoms with Crippen molar-refractivity contribution in [3.05, 3.63) is 83.9 Å². The average molecular weight is 389 g/mol. The van der Waals surface area contributed by atoms with E-state index >= 15 is 0 Å². The molecule has 1 amide bonds. The molecule has 0 aliphatic heterocycles. The molecule has 1 N–H and O–H groups in total. The molecular formula is C21H15F4NO2. The summed E-state index contributed by atoms with van der Waals surface area (Å²) in [6, 6.07) is 13.0. The summed E-state index contributed by atoms with van der Waals surface area (Å²) >= 11 is 0. The normalized spacial score (nSPS) is 11.8. The number of carbonyl (C=O) groups excluding carboxylic acids is 1. The first-order chi connectivity index (χ1) is 13.3. The highest BCUT2D eigenvalue weighted by Crippen LogP contribution is 2.31. The predicted octanol–water partition coefficient (Wildman–Crippen LogP) is 5.32. The maximum atomic E-state index is 14.4. The van der Waals surface area contributed by atoms with Crippen LogP contribution in [-0.2, 0) is 4.79 Å². The lowest BCUT2D eigenvalue weighted by molar-refractivity contribution is -0.122. The Kier molecular flexibility index (Phi) is 5.63. The number of benzene rings is 3. The standard InChI is InChI=1S/C21H15F4NO2/c1-12(28-15-7-8-17(23)18(24)11-15)21(27)26-20-16(9-14(22)10-19(20)25)13-5-3-2-4-6-13/h2-12H,1H3,(H,26,27). The van der Waals surface area contributed by atoms with Crippen molar-refractivity contribution < 1.29 is 27.1 Å². The summed E-state index contributed by atoms with van der Waals surface area (Å²) in [4.78, 5) is 12.4. The molecule has 0 aliphatic rings. The Bertz CT molecular complexity index is 1010. The van der Waals surface area contributed by atoms with Gasteiger partial charge in [0.2, 0.25) is 0 Å². The van der Waals surface area contributed by atoms with E-state index in [9.17, 15) is 22.4 Å². The van der Waals surface area contributed by atoms with Crippen molar-refractivity contribution in [3.63, 3.8) is 0 Å². The van der Waals surface area contributed by atoms with Crippen LogP contribution in [0.3, 0.4) is 0 Å². The monoisotopic (exact) mass is 389 g/mol. The van der Waals surface area contributed by atoms with Gasteiger partial charge >= 0.3 is 0 Å². The van der Waals surface area contributed by atoms with E-state index in [-0.39, 0.29) is 17.0 Å². The lowest BCUT2D eigenvalue weighted by atomic mass is 10.0. The zero-order valence-corrected chi connectivity index (χ0v) is 14.7. The molecule has 0 aliphatic carbocycles. The highest BCUT2D eigenvalue weighted by molar-refractivity contribution is 5.98. The number of hydrogen-bond donors (Lipinski definition) is 1. The Hall–Kier alpha value is -3.35. The third-order valence-corrected chi connectivity index (χ3v) is 3.96. The van der Waals surface area contributed by atoms with Crippen LogP contribution in [0.4, 0.5) is 23.2 Å². The number of nitrogens with one attached hydrogen (secondary N) is 1. The van der Waals surface area contributed by atoms with E-state index < -0.39 is 35.3 Å². The minimum atomic E-state index is -1.15. The van der Waals surface area contributed by atoms with E-state index in [0.29, 0.717) is 11.6 Å². The van der Waals surface area contributed by atoms with Crippen molar-refractivity contribution in [3.8, 4) is 16.9 Å². The molecule has 1 atom stereocenters. The molecule has 0 saturated carbocycles. The predicted molar refractivity (Wildman–Crippen MR) is 96.9 cm³/mol. The molecule has 144 valence electrons. The van der Waals surface area contributed by atoms with Gasteiger partial charge in [0.05, 0.1) is 5.69 Å². The maximum Gasteiger partial charge on any atom is 0.265 e. The number of ether oxygens (including phenoxy) is 1. The molecule has 0 saturated heterocycles. The van der Waals surface area contributed by atoms with Crippen molar-refractivity contribution in [2.45, 2.75) is 13.0 Å².